The lowest BCUT2D eigenvalue weighted by molar-refractivity contribution is 0.350. The van der Waals surface area contributed by atoms with E-state index >= 15 is 0 Å². The van der Waals surface area contributed by atoms with Gasteiger partial charge in [-0.2, -0.15) is 4.98 Å². The molecule has 1 aromatic heterocycles. The number of aromatic nitrogens is 2. The minimum absolute atomic E-state index is 0.502. The third kappa shape index (κ3) is 2.40. The number of aryl methyl sites for hydroxylation is 2. The van der Waals surface area contributed by atoms with E-state index in [9.17, 15) is 0 Å². The molecule has 2 aromatic rings. The van der Waals surface area contributed by atoms with Gasteiger partial charge >= 0.3 is 0 Å². The summed E-state index contributed by atoms with van der Waals surface area (Å²) in [5.74, 6) is 1.15. The largest absolute Gasteiger partial charge is 0.334 e. The highest BCUT2D eigenvalue weighted by Crippen LogP contribution is 2.29. The van der Waals surface area contributed by atoms with Crippen LogP contribution < -0.4 is 5.73 Å². The molecule has 0 unspecified atom stereocenters. The molecule has 1 heterocycles. The first-order chi connectivity index (χ1) is 9.01. The van der Waals surface area contributed by atoms with Crippen LogP contribution in [0.4, 0.5) is 0 Å². The van der Waals surface area contributed by atoms with Crippen LogP contribution in [-0.4, -0.2) is 10.1 Å². The molecule has 0 saturated carbocycles. The van der Waals surface area contributed by atoms with Crippen molar-refractivity contribution in [3.63, 3.8) is 0 Å². The maximum absolute atomic E-state index is 6.30. The second kappa shape index (κ2) is 5.13. The fourth-order valence-corrected chi connectivity index (χ4v) is 2.25. The van der Waals surface area contributed by atoms with Crippen LogP contribution >= 0.6 is 0 Å². The van der Waals surface area contributed by atoms with Gasteiger partial charge in [-0.3, -0.25) is 0 Å². The molecular formula is C15H21N3O. The summed E-state index contributed by atoms with van der Waals surface area (Å²) in [6.45, 7) is 8.17. The van der Waals surface area contributed by atoms with Crippen LogP contribution in [0.2, 0.25) is 0 Å². The van der Waals surface area contributed by atoms with Crippen LogP contribution in [0.15, 0.2) is 22.7 Å². The van der Waals surface area contributed by atoms with Gasteiger partial charge in [-0.25, -0.2) is 0 Å². The standard InChI is InChI=1S/C15H21N3O/c1-5-15(16,6-2)14-17-13(19-18-14)12-10(3)8-7-9-11(12)4/h7-9H,5-6,16H2,1-4H3. The molecule has 0 amide bonds. The molecule has 1 aromatic carbocycles. The molecule has 102 valence electrons. The van der Waals surface area contributed by atoms with E-state index in [4.69, 9.17) is 10.3 Å². The van der Waals surface area contributed by atoms with Crippen molar-refractivity contribution in [2.45, 2.75) is 46.1 Å². The third-order valence-electron chi connectivity index (χ3n) is 3.83. The molecule has 0 radical (unpaired) electrons. The molecule has 2 rings (SSSR count). The lowest BCUT2D eigenvalue weighted by Gasteiger charge is -2.21. The fraction of sp³-hybridized carbons (Fsp3) is 0.467. The van der Waals surface area contributed by atoms with E-state index in [-0.39, 0.29) is 0 Å². The van der Waals surface area contributed by atoms with Gasteiger partial charge in [0.1, 0.15) is 0 Å². The number of hydrogen-bond acceptors (Lipinski definition) is 4. The van der Waals surface area contributed by atoms with Crippen molar-refractivity contribution in [1.29, 1.82) is 0 Å². The van der Waals surface area contributed by atoms with Crippen molar-refractivity contribution in [1.82, 2.24) is 10.1 Å². The van der Waals surface area contributed by atoms with Gasteiger partial charge in [0.2, 0.25) is 0 Å². The van der Waals surface area contributed by atoms with Crippen LogP contribution in [0.25, 0.3) is 11.5 Å². The van der Waals surface area contributed by atoms with E-state index in [0.29, 0.717) is 11.7 Å². The zero-order chi connectivity index (χ0) is 14.0. The Morgan fingerprint density at radius 2 is 1.74 bits per heavy atom. The maximum atomic E-state index is 6.30. The zero-order valence-electron chi connectivity index (χ0n) is 12.0. The highest BCUT2D eigenvalue weighted by Gasteiger charge is 2.29. The first-order valence-corrected chi connectivity index (χ1v) is 6.71. The van der Waals surface area contributed by atoms with Gasteiger partial charge < -0.3 is 10.3 Å². The molecule has 0 bridgehead atoms. The predicted molar refractivity (Wildman–Crippen MR) is 75.7 cm³/mol. The second-order valence-corrected chi connectivity index (χ2v) is 5.05. The Morgan fingerprint density at radius 1 is 1.16 bits per heavy atom. The van der Waals surface area contributed by atoms with E-state index < -0.39 is 5.54 Å². The summed E-state index contributed by atoms with van der Waals surface area (Å²) < 4.78 is 5.42. The third-order valence-corrected chi connectivity index (χ3v) is 3.83. The molecule has 0 aliphatic carbocycles. The SMILES string of the molecule is CCC(N)(CC)c1noc(-c2c(C)cccc2C)n1. The molecule has 0 atom stereocenters. The average Bonchev–Trinajstić information content (AvgIpc) is 2.87. The fourth-order valence-electron chi connectivity index (χ4n) is 2.25. The Bertz CT molecular complexity index is 550. The van der Waals surface area contributed by atoms with Crippen molar-refractivity contribution in [3.8, 4) is 11.5 Å². The molecule has 0 saturated heterocycles. The number of rotatable bonds is 4. The molecule has 0 fully saturated rings. The summed E-state index contributed by atoms with van der Waals surface area (Å²) in [6, 6.07) is 6.11. The maximum Gasteiger partial charge on any atom is 0.258 e. The Morgan fingerprint density at radius 3 is 2.26 bits per heavy atom. The summed E-state index contributed by atoms with van der Waals surface area (Å²) in [7, 11) is 0. The summed E-state index contributed by atoms with van der Waals surface area (Å²) in [6.07, 6.45) is 1.57. The molecule has 0 aliphatic rings. The van der Waals surface area contributed by atoms with Gasteiger partial charge in [0.15, 0.2) is 5.82 Å². The Labute approximate surface area is 114 Å². The molecule has 4 nitrogen and oxygen atoms in total. The van der Waals surface area contributed by atoms with Crippen molar-refractivity contribution in [3.05, 3.63) is 35.2 Å². The van der Waals surface area contributed by atoms with Gasteiger partial charge in [-0.05, 0) is 37.8 Å². The minimum Gasteiger partial charge on any atom is -0.334 e. The van der Waals surface area contributed by atoms with Gasteiger partial charge in [0, 0.05) is 5.56 Å². The van der Waals surface area contributed by atoms with Gasteiger partial charge in [-0.1, -0.05) is 37.2 Å². The highest BCUT2D eigenvalue weighted by atomic mass is 16.5. The van der Waals surface area contributed by atoms with E-state index in [1.165, 1.54) is 0 Å². The Kier molecular flexibility index (Phi) is 3.71. The van der Waals surface area contributed by atoms with E-state index in [2.05, 4.69) is 10.1 Å². The number of hydrogen-bond donors (Lipinski definition) is 1. The van der Waals surface area contributed by atoms with Crippen molar-refractivity contribution < 1.29 is 4.52 Å². The van der Waals surface area contributed by atoms with Crippen molar-refractivity contribution in [2.24, 2.45) is 5.73 Å². The highest BCUT2D eigenvalue weighted by molar-refractivity contribution is 5.62. The van der Waals surface area contributed by atoms with Crippen molar-refractivity contribution >= 4 is 0 Å². The van der Waals surface area contributed by atoms with Crippen LogP contribution in [0.1, 0.15) is 43.6 Å². The number of benzene rings is 1. The first-order valence-electron chi connectivity index (χ1n) is 6.71. The lowest BCUT2D eigenvalue weighted by Crippen LogP contribution is -2.36. The molecule has 0 spiro atoms. The van der Waals surface area contributed by atoms with Crippen molar-refractivity contribution in [2.75, 3.05) is 0 Å². The summed E-state index contributed by atoms with van der Waals surface area (Å²) in [5, 5.41) is 4.08. The Balaban J connectivity index is 2.47. The quantitative estimate of drug-likeness (QED) is 0.914. The summed E-state index contributed by atoms with van der Waals surface area (Å²) in [5.41, 5.74) is 9.07. The Hall–Kier alpha value is -1.68. The molecule has 0 aliphatic heterocycles. The average molecular weight is 259 g/mol. The molecule has 2 N–H and O–H groups in total. The lowest BCUT2D eigenvalue weighted by atomic mass is 9.93. The summed E-state index contributed by atoms with van der Waals surface area (Å²) >= 11 is 0. The van der Waals surface area contributed by atoms with E-state index in [1.54, 1.807) is 0 Å². The van der Waals surface area contributed by atoms with Crippen LogP contribution in [-0.2, 0) is 5.54 Å². The first kappa shape index (κ1) is 13.7. The van der Waals surface area contributed by atoms with E-state index in [0.717, 1.165) is 29.5 Å². The molecule has 19 heavy (non-hydrogen) atoms. The molecule has 4 heteroatoms. The summed E-state index contributed by atoms with van der Waals surface area (Å²) in [4.78, 5) is 4.51. The second-order valence-electron chi connectivity index (χ2n) is 5.05. The minimum atomic E-state index is -0.502. The van der Waals surface area contributed by atoms with Crippen LogP contribution in [0, 0.1) is 13.8 Å². The van der Waals surface area contributed by atoms with Gasteiger partial charge in [0.05, 0.1) is 5.54 Å². The van der Waals surface area contributed by atoms with Crippen LogP contribution in [0.5, 0.6) is 0 Å². The van der Waals surface area contributed by atoms with E-state index in [1.807, 2.05) is 45.9 Å². The molecular weight excluding hydrogens is 238 g/mol. The topological polar surface area (TPSA) is 64.9 Å². The zero-order valence-corrected chi connectivity index (χ0v) is 12.0. The normalized spacial score (nSPS) is 11.8. The predicted octanol–water partition coefficient (Wildman–Crippen LogP) is 3.33. The number of nitrogens with zero attached hydrogens (tertiary/aromatic N) is 2. The smallest absolute Gasteiger partial charge is 0.258 e. The number of nitrogens with two attached hydrogens (primary N) is 1. The van der Waals surface area contributed by atoms with Crippen LogP contribution in [0.3, 0.4) is 0 Å². The van der Waals surface area contributed by atoms with Gasteiger partial charge in [-0.15, -0.1) is 0 Å². The van der Waals surface area contributed by atoms with Gasteiger partial charge in [0.25, 0.3) is 5.89 Å². The monoisotopic (exact) mass is 259 g/mol.